The summed E-state index contributed by atoms with van der Waals surface area (Å²) in [5.74, 6) is -1.11. The van der Waals surface area contributed by atoms with Gasteiger partial charge in [-0.2, -0.15) is 0 Å². The van der Waals surface area contributed by atoms with E-state index >= 15 is 0 Å². The lowest BCUT2D eigenvalue weighted by atomic mass is 10.1. The van der Waals surface area contributed by atoms with Gasteiger partial charge in [-0.15, -0.1) is 0 Å². The molecule has 2 rings (SSSR count). The number of sulfonamides is 1. The molecule has 0 saturated carbocycles. The zero-order chi connectivity index (χ0) is 25.5. The molecule has 0 radical (unpaired) electrons. The lowest BCUT2D eigenvalue weighted by Crippen LogP contribution is -2.52. The summed E-state index contributed by atoms with van der Waals surface area (Å²) >= 11 is 6.03. The molecule has 186 valence electrons. The van der Waals surface area contributed by atoms with Crippen molar-refractivity contribution in [3.63, 3.8) is 0 Å². The summed E-state index contributed by atoms with van der Waals surface area (Å²) in [6.07, 6.45) is 1.31. The maximum atomic E-state index is 13.5. The van der Waals surface area contributed by atoms with Crippen LogP contribution in [0.2, 0.25) is 5.02 Å². The van der Waals surface area contributed by atoms with E-state index in [9.17, 15) is 22.4 Å². The van der Waals surface area contributed by atoms with Crippen molar-refractivity contribution in [1.82, 2.24) is 10.2 Å². The van der Waals surface area contributed by atoms with Gasteiger partial charge in [-0.3, -0.25) is 13.9 Å². The lowest BCUT2D eigenvalue weighted by Gasteiger charge is -2.33. The molecule has 10 heteroatoms. The first kappa shape index (κ1) is 27.6. The Kier molecular flexibility index (Phi) is 9.88. The Morgan fingerprint density at radius 1 is 1.12 bits per heavy atom. The van der Waals surface area contributed by atoms with E-state index in [1.54, 1.807) is 19.1 Å². The third kappa shape index (κ3) is 7.99. The molecule has 2 amide bonds. The number of nitrogens with zero attached hydrogens (tertiary/aromatic N) is 2. The molecule has 0 aliphatic rings. The van der Waals surface area contributed by atoms with Crippen molar-refractivity contribution >= 4 is 39.1 Å². The van der Waals surface area contributed by atoms with Gasteiger partial charge in [0, 0.05) is 18.1 Å². The van der Waals surface area contributed by atoms with Gasteiger partial charge in [0.05, 0.1) is 11.9 Å². The number of amides is 2. The van der Waals surface area contributed by atoms with Gasteiger partial charge in [-0.05, 0) is 48.2 Å². The molecular weight excluding hydrogens is 481 g/mol. The van der Waals surface area contributed by atoms with Crippen molar-refractivity contribution in [3.05, 3.63) is 64.9 Å². The topological polar surface area (TPSA) is 86.8 Å². The first-order valence-corrected chi connectivity index (χ1v) is 13.2. The van der Waals surface area contributed by atoms with Crippen LogP contribution in [0, 0.1) is 11.7 Å². The quantitative estimate of drug-likeness (QED) is 0.497. The monoisotopic (exact) mass is 511 g/mol. The average Bonchev–Trinajstić information content (AvgIpc) is 2.76. The fraction of sp³-hybridized carbons (Fsp3) is 0.417. The molecule has 0 fully saturated rings. The van der Waals surface area contributed by atoms with Gasteiger partial charge in [0.2, 0.25) is 21.8 Å². The highest BCUT2D eigenvalue weighted by Gasteiger charge is 2.31. The molecule has 7 nitrogen and oxygen atoms in total. The molecule has 1 N–H and O–H groups in total. The molecule has 1 atom stereocenters. The second kappa shape index (κ2) is 12.2. The van der Waals surface area contributed by atoms with Gasteiger partial charge in [0.15, 0.2) is 0 Å². The van der Waals surface area contributed by atoms with Crippen LogP contribution in [0.15, 0.2) is 48.5 Å². The minimum atomic E-state index is -3.84. The summed E-state index contributed by atoms with van der Waals surface area (Å²) in [4.78, 5) is 27.8. The molecule has 0 heterocycles. The Morgan fingerprint density at radius 2 is 1.76 bits per heavy atom. The number of carbonyl (C=O) groups excluding carboxylic acids is 2. The molecule has 0 aliphatic heterocycles. The third-order valence-corrected chi connectivity index (χ3v) is 6.49. The molecule has 34 heavy (non-hydrogen) atoms. The van der Waals surface area contributed by atoms with Gasteiger partial charge in [0.1, 0.15) is 18.4 Å². The van der Waals surface area contributed by atoms with Gasteiger partial charge in [-0.1, -0.05) is 50.6 Å². The number of nitrogens with one attached hydrogen (secondary N) is 1. The number of benzene rings is 2. The van der Waals surface area contributed by atoms with Crippen LogP contribution >= 0.6 is 11.6 Å². The van der Waals surface area contributed by atoms with Crippen LogP contribution in [-0.4, -0.2) is 50.5 Å². The highest BCUT2D eigenvalue weighted by atomic mass is 35.5. The van der Waals surface area contributed by atoms with E-state index in [-0.39, 0.29) is 24.1 Å². The predicted octanol–water partition coefficient (Wildman–Crippen LogP) is 3.82. The number of carbonyl (C=O) groups is 2. The highest BCUT2D eigenvalue weighted by Crippen LogP contribution is 2.23. The van der Waals surface area contributed by atoms with Gasteiger partial charge < -0.3 is 10.2 Å². The molecule has 0 aromatic heterocycles. The molecule has 2 aromatic carbocycles. The molecule has 1 unspecified atom stereocenters. The third-order valence-electron chi connectivity index (χ3n) is 5.11. The summed E-state index contributed by atoms with van der Waals surface area (Å²) in [5.41, 5.74) is 0.848. The van der Waals surface area contributed by atoms with Crippen molar-refractivity contribution in [3.8, 4) is 0 Å². The fourth-order valence-corrected chi connectivity index (χ4v) is 4.40. The first-order valence-electron chi connectivity index (χ1n) is 11.0. The van der Waals surface area contributed by atoms with E-state index in [4.69, 9.17) is 11.6 Å². The normalized spacial score (nSPS) is 12.3. The Hall–Kier alpha value is -2.65. The lowest BCUT2D eigenvalue weighted by molar-refractivity contribution is -0.140. The van der Waals surface area contributed by atoms with E-state index in [2.05, 4.69) is 5.32 Å². The van der Waals surface area contributed by atoms with E-state index in [0.717, 1.165) is 10.6 Å². The zero-order valence-corrected chi connectivity index (χ0v) is 21.4. The number of hydrogen-bond acceptors (Lipinski definition) is 4. The standard InChI is InChI=1S/C24H31ClFN3O4S/c1-5-22(24(31)27-14-17(2)3)28(15-18-9-11-20(26)12-10-18)23(30)16-29(34(4,32)33)21-8-6-7-19(25)13-21/h6-13,17,22H,5,14-16H2,1-4H3,(H,27,31). The number of rotatable bonds is 11. The largest absolute Gasteiger partial charge is 0.354 e. The maximum absolute atomic E-state index is 13.5. The molecule has 0 aliphatic carbocycles. The van der Waals surface area contributed by atoms with E-state index < -0.39 is 34.3 Å². The summed E-state index contributed by atoms with van der Waals surface area (Å²) in [5, 5.41) is 3.16. The van der Waals surface area contributed by atoms with Crippen molar-refractivity contribution in [2.24, 2.45) is 5.92 Å². The van der Waals surface area contributed by atoms with Crippen molar-refractivity contribution in [1.29, 1.82) is 0 Å². The second-order valence-corrected chi connectivity index (χ2v) is 10.8. The summed E-state index contributed by atoms with van der Waals surface area (Å²) < 4.78 is 39.4. The van der Waals surface area contributed by atoms with Gasteiger partial charge >= 0.3 is 0 Å². The smallest absolute Gasteiger partial charge is 0.244 e. The van der Waals surface area contributed by atoms with Crippen LogP contribution in [0.1, 0.15) is 32.8 Å². The van der Waals surface area contributed by atoms with Crippen molar-refractivity contribution in [2.45, 2.75) is 39.8 Å². The predicted molar refractivity (Wildman–Crippen MR) is 133 cm³/mol. The minimum Gasteiger partial charge on any atom is -0.354 e. The Bertz CT molecular complexity index is 1090. The van der Waals surface area contributed by atoms with Crippen LogP contribution in [0.4, 0.5) is 10.1 Å². The van der Waals surface area contributed by atoms with Crippen LogP contribution in [0.3, 0.4) is 0 Å². The number of halogens is 2. The van der Waals surface area contributed by atoms with Crippen LogP contribution < -0.4 is 9.62 Å². The SMILES string of the molecule is CCC(C(=O)NCC(C)C)N(Cc1ccc(F)cc1)C(=O)CN(c1cccc(Cl)c1)S(C)(=O)=O. The Morgan fingerprint density at radius 3 is 2.29 bits per heavy atom. The summed E-state index contributed by atoms with van der Waals surface area (Å²) in [6.45, 7) is 5.62. The maximum Gasteiger partial charge on any atom is 0.244 e. The molecule has 0 saturated heterocycles. The molecular formula is C24H31ClFN3O4S. The van der Waals surface area contributed by atoms with Crippen molar-refractivity contribution in [2.75, 3.05) is 23.7 Å². The van der Waals surface area contributed by atoms with Gasteiger partial charge in [0.25, 0.3) is 0 Å². The average molecular weight is 512 g/mol. The fourth-order valence-electron chi connectivity index (χ4n) is 3.37. The molecule has 0 spiro atoms. The van der Waals surface area contributed by atoms with Crippen LogP contribution in [0.5, 0.6) is 0 Å². The Labute approximate surface area is 205 Å². The zero-order valence-electron chi connectivity index (χ0n) is 19.8. The van der Waals surface area contributed by atoms with E-state index in [0.29, 0.717) is 23.6 Å². The highest BCUT2D eigenvalue weighted by molar-refractivity contribution is 7.92. The Balaban J connectivity index is 2.41. The van der Waals surface area contributed by atoms with E-state index in [1.807, 2.05) is 13.8 Å². The first-order chi connectivity index (χ1) is 15.9. The van der Waals surface area contributed by atoms with Gasteiger partial charge in [-0.25, -0.2) is 12.8 Å². The molecule has 2 aromatic rings. The summed E-state index contributed by atoms with van der Waals surface area (Å²) in [6, 6.07) is 10.9. The number of anilines is 1. The minimum absolute atomic E-state index is 0.0138. The number of hydrogen-bond donors (Lipinski definition) is 1. The second-order valence-electron chi connectivity index (χ2n) is 8.46. The van der Waals surface area contributed by atoms with E-state index in [1.165, 1.54) is 41.3 Å². The van der Waals surface area contributed by atoms with Crippen LogP contribution in [0.25, 0.3) is 0 Å². The van der Waals surface area contributed by atoms with Crippen LogP contribution in [-0.2, 0) is 26.2 Å². The molecule has 0 bridgehead atoms. The summed E-state index contributed by atoms with van der Waals surface area (Å²) in [7, 11) is -3.84. The van der Waals surface area contributed by atoms with Crippen molar-refractivity contribution < 1.29 is 22.4 Å².